The zero-order valence-corrected chi connectivity index (χ0v) is 19.0. The standard InChI is InChI=1S/C19H35N7O8/c1-9(27)15(23)18(32)25-10(4-2-3-7-20)16(30)24-11(5-6-13(21)28)17(31)26-12(19(33)34)8-14(22)29/h9-12,15,27H,2-8,20,23H2,1H3,(H2,21,28)(H2,22,29)(H,24,30)(H,25,32)(H,26,31)(H,33,34). The molecule has 5 atom stereocenters. The number of unbranched alkanes of at least 4 members (excludes halogenated alkanes) is 1. The third kappa shape index (κ3) is 12.1. The Bertz CT molecular complexity index is 746. The van der Waals surface area contributed by atoms with Crippen molar-refractivity contribution in [2.45, 2.75) is 75.7 Å². The minimum atomic E-state index is -1.66. The molecule has 0 spiro atoms. The Balaban J connectivity index is 5.60. The molecule has 0 aromatic carbocycles. The van der Waals surface area contributed by atoms with E-state index in [-0.39, 0.29) is 19.3 Å². The van der Waals surface area contributed by atoms with Crippen molar-refractivity contribution >= 4 is 35.5 Å². The van der Waals surface area contributed by atoms with Gasteiger partial charge in [-0.1, -0.05) is 0 Å². The number of primary amides is 2. The van der Waals surface area contributed by atoms with E-state index in [0.717, 1.165) is 0 Å². The number of carbonyl (C=O) groups excluding carboxylic acids is 5. The number of amides is 5. The van der Waals surface area contributed by atoms with Crippen LogP contribution in [0.2, 0.25) is 0 Å². The molecular formula is C19H35N7O8. The Morgan fingerprint density at radius 1 is 0.794 bits per heavy atom. The van der Waals surface area contributed by atoms with Crippen molar-refractivity contribution in [2.24, 2.45) is 22.9 Å². The molecule has 34 heavy (non-hydrogen) atoms. The maximum atomic E-state index is 12.9. The zero-order valence-electron chi connectivity index (χ0n) is 19.0. The van der Waals surface area contributed by atoms with Gasteiger partial charge in [-0.15, -0.1) is 0 Å². The van der Waals surface area contributed by atoms with Crippen molar-refractivity contribution in [3.05, 3.63) is 0 Å². The number of carboxylic acids is 1. The molecule has 15 nitrogen and oxygen atoms in total. The van der Waals surface area contributed by atoms with E-state index in [1.807, 2.05) is 0 Å². The highest BCUT2D eigenvalue weighted by molar-refractivity contribution is 5.95. The molecule has 0 aromatic heterocycles. The highest BCUT2D eigenvalue weighted by atomic mass is 16.4. The molecule has 5 unspecified atom stereocenters. The summed E-state index contributed by atoms with van der Waals surface area (Å²) in [4.78, 5) is 71.3. The number of nitrogens with two attached hydrogens (primary N) is 4. The second kappa shape index (κ2) is 15.5. The van der Waals surface area contributed by atoms with E-state index < -0.39 is 72.2 Å². The first-order valence-corrected chi connectivity index (χ1v) is 10.6. The number of rotatable bonds is 17. The summed E-state index contributed by atoms with van der Waals surface area (Å²) in [5.74, 6) is -5.94. The Morgan fingerprint density at radius 2 is 1.29 bits per heavy atom. The number of carbonyl (C=O) groups is 6. The van der Waals surface area contributed by atoms with Crippen LogP contribution in [0.25, 0.3) is 0 Å². The van der Waals surface area contributed by atoms with Gasteiger partial charge in [0.2, 0.25) is 29.5 Å². The third-order valence-corrected chi connectivity index (χ3v) is 4.73. The van der Waals surface area contributed by atoms with Gasteiger partial charge in [-0.05, 0) is 39.2 Å². The summed E-state index contributed by atoms with van der Waals surface area (Å²) < 4.78 is 0. The lowest BCUT2D eigenvalue weighted by molar-refractivity contribution is -0.144. The molecule has 0 aliphatic carbocycles. The lowest BCUT2D eigenvalue weighted by atomic mass is 10.0. The number of hydrogen-bond acceptors (Lipinski definition) is 9. The van der Waals surface area contributed by atoms with Gasteiger partial charge in [-0.2, -0.15) is 0 Å². The molecule has 0 aliphatic rings. The highest BCUT2D eigenvalue weighted by Gasteiger charge is 2.31. The number of hydrogen-bond donors (Lipinski definition) is 9. The van der Waals surface area contributed by atoms with E-state index in [9.17, 15) is 39.0 Å². The Kier molecular flexibility index (Phi) is 14.0. The first kappa shape index (κ1) is 30.7. The van der Waals surface area contributed by atoms with Crippen LogP contribution in [-0.2, 0) is 28.8 Å². The van der Waals surface area contributed by atoms with Crippen molar-refractivity contribution in [3.63, 3.8) is 0 Å². The zero-order chi connectivity index (χ0) is 26.4. The number of carboxylic acid groups (broad SMARTS) is 1. The van der Waals surface area contributed by atoms with Crippen LogP contribution in [0, 0.1) is 0 Å². The van der Waals surface area contributed by atoms with Gasteiger partial charge in [-0.25, -0.2) is 4.79 Å². The maximum absolute atomic E-state index is 12.9. The molecular weight excluding hydrogens is 454 g/mol. The van der Waals surface area contributed by atoms with Gasteiger partial charge < -0.3 is 49.1 Å². The average Bonchev–Trinajstić information content (AvgIpc) is 2.73. The fraction of sp³-hybridized carbons (Fsp3) is 0.684. The normalized spacial score (nSPS) is 15.2. The summed E-state index contributed by atoms with van der Waals surface area (Å²) in [7, 11) is 0. The largest absolute Gasteiger partial charge is 0.480 e. The highest BCUT2D eigenvalue weighted by Crippen LogP contribution is 2.06. The first-order chi connectivity index (χ1) is 15.8. The minimum Gasteiger partial charge on any atom is -0.480 e. The van der Waals surface area contributed by atoms with Crippen LogP contribution >= 0.6 is 0 Å². The maximum Gasteiger partial charge on any atom is 0.326 e. The van der Waals surface area contributed by atoms with Crippen LogP contribution in [0.5, 0.6) is 0 Å². The molecule has 15 heteroatoms. The topological polar surface area (TPSA) is 283 Å². The molecule has 0 saturated carbocycles. The number of aliphatic hydroxyl groups is 1. The third-order valence-electron chi connectivity index (χ3n) is 4.73. The van der Waals surface area contributed by atoms with Gasteiger partial charge >= 0.3 is 5.97 Å². The monoisotopic (exact) mass is 489 g/mol. The second-order valence-electron chi connectivity index (χ2n) is 7.75. The molecule has 0 fully saturated rings. The van der Waals surface area contributed by atoms with E-state index >= 15 is 0 Å². The van der Waals surface area contributed by atoms with Crippen LogP contribution in [0.1, 0.15) is 45.4 Å². The number of aliphatic hydroxyl groups excluding tert-OH is 1. The van der Waals surface area contributed by atoms with Gasteiger partial charge in [0.25, 0.3) is 0 Å². The predicted molar refractivity (Wildman–Crippen MR) is 118 cm³/mol. The van der Waals surface area contributed by atoms with Gasteiger partial charge in [-0.3, -0.25) is 24.0 Å². The molecule has 0 aromatic rings. The van der Waals surface area contributed by atoms with Gasteiger partial charge in [0.1, 0.15) is 24.2 Å². The molecule has 0 heterocycles. The van der Waals surface area contributed by atoms with Gasteiger partial charge in [0, 0.05) is 6.42 Å². The predicted octanol–water partition coefficient (Wildman–Crippen LogP) is -4.50. The minimum absolute atomic E-state index is 0.116. The van der Waals surface area contributed by atoms with Crippen molar-refractivity contribution in [2.75, 3.05) is 6.54 Å². The molecule has 194 valence electrons. The van der Waals surface area contributed by atoms with Gasteiger partial charge in [0.05, 0.1) is 12.5 Å². The lowest BCUT2D eigenvalue weighted by Crippen LogP contribution is -2.58. The SMILES string of the molecule is CC(O)C(N)C(=O)NC(CCCCN)C(=O)NC(CCC(N)=O)C(=O)NC(CC(N)=O)C(=O)O. The molecule has 13 N–H and O–H groups in total. The average molecular weight is 490 g/mol. The smallest absolute Gasteiger partial charge is 0.326 e. The molecule has 0 radical (unpaired) electrons. The van der Waals surface area contributed by atoms with Crippen LogP contribution in [0.3, 0.4) is 0 Å². The Labute approximate surface area is 196 Å². The van der Waals surface area contributed by atoms with E-state index in [1.165, 1.54) is 6.92 Å². The molecule has 0 saturated heterocycles. The van der Waals surface area contributed by atoms with Crippen LogP contribution in [0.4, 0.5) is 0 Å². The van der Waals surface area contributed by atoms with Crippen molar-refractivity contribution < 1.29 is 39.0 Å². The molecule has 0 aliphatic heterocycles. The number of nitrogens with one attached hydrogen (secondary N) is 3. The molecule has 5 amide bonds. The quantitative estimate of drug-likeness (QED) is 0.0882. The van der Waals surface area contributed by atoms with E-state index in [2.05, 4.69) is 16.0 Å². The van der Waals surface area contributed by atoms with Crippen molar-refractivity contribution in [3.8, 4) is 0 Å². The fourth-order valence-electron chi connectivity index (χ4n) is 2.75. The summed E-state index contributed by atoms with van der Waals surface area (Å²) in [6.07, 6.45) is -1.44. The van der Waals surface area contributed by atoms with E-state index in [0.29, 0.717) is 19.4 Å². The van der Waals surface area contributed by atoms with Crippen LogP contribution < -0.4 is 38.9 Å². The number of aliphatic carboxylic acids is 1. The van der Waals surface area contributed by atoms with Gasteiger partial charge in [0.15, 0.2) is 0 Å². The lowest BCUT2D eigenvalue weighted by Gasteiger charge is -2.25. The Morgan fingerprint density at radius 3 is 1.74 bits per heavy atom. The van der Waals surface area contributed by atoms with E-state index in [4.69, 9.17) is 22.9 Å². The fourth-order valence-corrected chi connectivity index (χ4v) is 2.75. The summed E-state index contributed by atoms with van der Waals surface area (Å²) in [6.45, 7) is 1.62. The summed E-state index contributed by atoms with van der Waals surface area (Å²) >= 11 is 0. The van der Waals surface area contributed by atoms with Crippen LogP contribution in [-0.4, -0.2) is 82.5 Å². The summed E-state index contributed by atoms with van der Waals surface area (Å²) in [5.41, 5.74) is 21.1. The van der Waals surface area contributed by atoms with Crippen LogP contribution in [0.15, 0.2) is 0 Å². The molecule has 0 rings (SSSR count). The van der Waals surface area contributed by atoms with Crippen molar-refractivity contribution in [1.29, 1.82) is 0 Å². The Hall–Kier alpha value is -3.30. The first-order valence-electron chi connectivity index (χ1n) is 10.6. The summed E-state index contributed by atoms with van der Waals surface area (Å²) in [5, 5.41) is 25.5. The van der Waals surface area contributed by atoms with E-state index in [1.54, 1.807) is 0 Å². The second-order valence-corrected chi connectivity index (χ2v) is 7.75. The summed E-state index contributed by atoms with van der Waals surface area (Å²) in [6, 6.07) is -5.58. The van der Waals surface area contributed by atoms with Crippen molar-refractivity contribution in [1.82, 2.24) is 16.0 Å². The molecule has 0 bridgehead atoms.